The highest BCUT2D eigenvalue weighted by Crippen LogP contribution is 2.24. The molecule has 0 spiro atoms. The van der Waals surface area contributed by atoms with Crippen LogP contribution in [0.5, 0.6) is 5.75 Å². The van der Waals surface area contributed by atoms with E-state index in [0.29, 0.717) is 0 Å². The predicted octanol–water partition coefficient (Wildman–Crippen LogP) is 0.386. The van der Waals surface area contributed by atoms with Gasteiger partial charge < -0.3 is 16.2 Å². The fraction of sp³-hybridized carbons (Fsp3) is 0.273. The molecule has 104 valence electrons. The molecule has 1 rings (SSSR count). The van der Waals surface area contributed by atoms with Crippen LogP contribution >= 0.6 is 0 Å². The number of carbonyl (C=O) groups is 2. The predicted molar refractivity (Wildman–Crippen MR) is 62.1 cm³/mol. The molecule has 0 aliphatic rings. The van der Waals surface area contributed by atoms with E-state index in [1.165, 1.54) is 6.92 Å². The monoisotopic (exact) mass is 273 g/mol. The van der Waals surface area contributed by atoms with Gasteiger partial charge in [-0.1, -0.05) is 0 Å². The van der Waals surface area contributed by atoms with Gasteiger partial charge in [0.05, 0.1) is 0 Å². The maximum Gasteiger partial charge on any atom is 0.318 e. The molecular weight excluding hydrogens is 260 g/mol. The fourth-order valence-electron chi connectivity index (χ4n) is 1.30. The van der Waals surface area contributed by atoms with Gasteiger partial charge in [-0.15, -0.1) is 0 Å². The van der Waals surface area contributed by atoms with E-state index in [9.17, 15) is 18.4 Å². The number of amides is 3. The van der Waals surface area contributed by atoms with Crippen molar-refractivity contribution in [2.24, 2.45) is 11.5 Å². The van der Waals surface area contributed by atoms with Crippen LogP contribution in [0.25, 0.3) is 0 Å². The van der Waals surface area contributed by atoms with Crippen LogP contribution < -0.4 is 21.5 Å². The molecule has 0 saturated carbocycles. The molecule has 6 nitrogen and oxygen atoms in total. The number of benzene rings is 1. The van der Waals surface area contributed by atoms with Crippen LogP contribution in [0, 0.1) is 11.6 Å². The molecule has 5 N–H and O–H groups in total. The van der Waals surface area contributed by atoms with Crippen molar-refractivity contribution in [3.8, 4) is 5.75 Å². The van der Waals surface area contributed by atoms with Crippen molar-refractivity contribution in [3.05, 3.63) is 29.3 Å². The molecule has 1 unspecified atom stereocenters. The summed E-state index contributed by atoms with van der Waals surface area (Å²) in [5.41, 5.74) is 10.2. The van der Waals surface area contributed by atoms with Crippen LogP contribution in [0.4, 0.5) is 13.6 Å². The van der Waals surface area contributed by atoms with Crippen LogP contribution in [0.1, 0.15) is 12.5 Å². The Kier molecular flexibility index (Phi) is 4.76. The number of carbonyl (C=O) groups excluding carboxylic acids is 2. The highest BCUT2D eigenvalue weighted by molar-refractivity contribution is 5.95. The maximum atomic E-state index is 13.5. The number of halogens is 2. The van der Waals surface area contributed by atoms with Gasteiger partial charge >= 0.3 is 6.03 Å². The molecule has 0 bridgehead atoms. The lowest BCUT2D eigenvalue weighted by atomic mass is 10.2. The van der Waals surface area contributed by atoms with Crippen molar-refractivity contribution in [2.45, 2.75) is 19.6 Å². The van der Waals surface area contributed by atoms with Crippen LogP contribution in [-0.4, -0.2) is 18.0 Å². The van der Waals surface area contributed by atoms with Gasteiger partial charge in [-0.05, 0) is 24.6 Å². The molecule has 0 heterocycles. The minimum atomic E-state index is -1.29. The Balaban J connectivity index is 2.88. The highest BCUT2D eigenvalue weighted by atomic mass is 19.1. The second kappa shape index (κ2) is 6.10. The minimum Gasteiger partial charge on any atom is -0.475 e. The number of ether oxygens (including phenoxy) is 1. The molecule has 1 atom stereocenters. The highest BCUT2D eigenvalue weighted by Gasteiger charge is 2.21. The van der Waals surface area contributed by atoms with Crippen molar-refractivity contribution >= 4 is 11.9 Å². The van der Waals surface area contributed by atoms with Gasteiger partial charge in [0, 0.05) is 6.54 Å². The normalized spacial score (nSPS) is 11.8. The molecule has 0 radical (unpaired) electrons. The molecule has 0 aromatic heterocycles. The molecule has 1 aromatic rings. The number of nitrogens with one attached hydrogen (secondary N) is 1. The molecule has 8 heteroatoms. The second-order valence-electron chi connectivity index (χ2n) is 3.71. The van der Waals surface area contributed by atoms with E-state index in [-0.39, 0.29) is 12.1 Å². The van der Waals surface area contributed by atoms with Gasteiger partial charge in [0.2, 0.25) is 0 Å². The van der Waals surface area contributed by atoms with Crippen LogP contribution in [0.2, 0.25) is 0 Å². The smallest absolute Gasteiger partial charge is 0.318 e. The maximum absolute atomic E-state index is 13.5. The summed E-state index contributed by atoms with van der Waals surface area (Å²) in [5, 5.41) is 1.73. The summed E-state index contributed by atoms with van der Waals surface area (Å²) in [6.07, 6.45) is -1.29. The number of rotatable bonds is 4. The third-order valence-electron chi connectivity index (χ3n) is 2.20. The summed E-state index contributed by atoms with van der Waals surface area (Å²) in [5.74, 6) is -3.60. The second-order valence-corrected chi connectivity index (χ2v) is 3.71. The van der Waals surface area contributed by atoms with E-state index < -0.39 is 35.4 Å². The van der Waals surface area contributed by atoms with E-state index in [4.69, 9.17) is 16.2 Å². The Morgan fingerprint density at radius 2 is 1.89 bits per heavy atom. The molecule has 19 heavy (non-hydrogen) atoms. The molecule has 1 aromatic carbocycles. The van der Waals surface area contributed by atoms with E-state index >= 15 is 0 Å². The minimum absolute atomic E-state index is 0.0359. The van der Waals surface area contributed by atoms with E-state index in [1.54, 1.807) is 5.32 Å². The Hall–Kier alpha value is -2.22. The van der Waals surface area contributed by atoms with Crippen LogP contribution in [0.3, 0.4) is 0 Å². The van der Waals surface area contributed by atoms with Crippen LogP contribution in [-0.2, 0) is 11.3 Å². The van der Waals surface area contributed by atoms with Crippen molar-refractivity contribution in [1.29, 1.82) is 0 Å². The molecule has 0 aliphatic heterocycles. The third-order valence-corrected chi connectivity index (χ3v) is 2.20. The number of hydrogen-bond acceptors (Lipinski definition) is 4. The van der Waals surface area contributed by atoms with Gasteiger partial charge in [-0.25, -0.2) is 13.6 Å². The number of hydrogen-bond donors (Lipinski definition) is 3. The Labute approximate surface area is 107 Å². The molecule has 0 aliphatic carbocycles. The third kappa shape index (κ3) is 3.88. The van der Waals surface area contributed by atoms with E-state index in [2.05, 4.69) is 0 Å². The van der Waals surface area contributed by atoms with Gasteiger partial charge in [0.15, 0.2) is 23.5 Å². The van der Waals surface area contributed by atoms with Crippen molar-refractivity contribution < 1.29 is 23.1 Å². The zero-order chi connectivity index (χ0) is 14.6. The average molecular weight is 273 g/mol. The molecule has 3 amide bonds. The zero-order valence-electron chi connectivity index (χ0n) is 10.1. The zero-order valence-corrected chi connectivity index (χ0v) is 10.1. The standard InChI is InChI=1S/C11H13F2N3O3/c1-5(10(17)16-11(15)18)19-9-7(12)2-6(4-14)3-8(9)13/h2-3,5H,4,14H2,1H3,(H3,15,16,17,18). The van der Waals surface area contributed by atoms with Crippen LogP contribution in [0.15, 0.2) is 12.1 Å². The Morgan fingerprint density at radius 3 is 2.32 bits per heavy atom. The summed E-state index contributed by atoms with van der Waals surface area (Å²) in [7, 11) is 0. The van der Waals surface area contributed by atoms with Gasteiger partial charge in [0.1, 0.15) is 0 Å². The average Bonchev–Trinajstić information content (AvgIpc) is 2.32. The lowest BCUT2D eigenvalue weighted by Gasteiger charge is -2.15. The number of urea groups is 1. The number of nitrogens with two attached hydrogens (primary N) is 2. The Morgan fingerprint density at radius 1 is 1.37 bits per heavy atom. The summed E-state index contributed by atoms with van der Waals surface area (Å²) >= 11 is 0. The number of imide groups is 1. The lowest BCUT2D eigenvalue weighted by Crippen LogP contribution is -2.42. The van der Waals surface area contributed by atoms with Gasteiger partial charge in [-0.2, -0.15) is 0 Å². The van der Waals surface area contributed by atoms with E-state index in [0.717, 1.165) is 12.1 Å². The lowest BCUT2D eigenvalue weighted by molar-refractivity contribution is -0.126. The summed E-state index contributed by atoms with van der Waals surface area (Å²) in [6.45, 7) is 1.18. The first-order chi connectivity index (χ1) is 8.85. The quantitative estimate of drug-likeness (QED) is 0.737. The SMILES string of the molecule is CC(Oc1c(F)cc(CN)cc1F)C(=O)NC(N)=O. The first kappa shape index (κ1) is 14.8. The van der Waals surface area contributed by atoms with Crippen molar-refractivity contribution in [3.63, 3.8) is 0 Å². The molecule has 0 saturated heterocycles. The van der Waals surface area contributed by atoms with Crippen molar-refractivity contribution in [2.75, 3.05) is 0 Å². The Bertz CT molecular complexity index is 485. The van der Waals surface area contributed by atoms with E-state index in [1.807, 2.05) is 0 Å². The van der Waals surface area contributed by atoms with Gasteiger partial charge in [-0.3, -0.25) is 10.1 Å². The molecular formula is C11H13F2N3O3. The summed E-state index contributed by atoms with van der Waals surface area (Å²) in [6, 6.07) is 0.911. The summed E-state index contributed by atoms with van der Waals surface area (Å²) < 4.78 is 31.9. The molecule has 0 fully saturated rings. The summed E-state index contributed by atoms with van der Waals surface area (Å²) in [4.78, 5) is 21.8. The number of primary amides is 1. The largest absolute Gasteiger partial charge is 0.475 e. The topological polar surface area (TPSA) is 107 Å². The van der Waals surface area contributed by atoms with Crippen molar-refractivity contribution in [1.82, 2.24) is 5.32 Å². The first-order valence-electron chi connectivity index (χ1n) is 5.30. The first-order valence-corrected chi connectivity index (χ1v) is 5.30. The van der Waals surface area contributed by atoms with Gasteiger partial charge in [0.25, 0.3) is 5.91 Å². The fourth-order valence-corrected chi connectivity index (χ4v) is 1.30.